The molecule has 24 heavy (non-hydrogen) atoms. The van der Waals surface area contributed by atoms with Gasteiger partial charge in [-0.05, 0) is 36.6 Å². The van der Waals surface area contributed by atoms with Gasteiger partial charge >= 0.3 is 5.97 Å². The van der Waals surface area contributed by atoms with Gasteiger partial charge < -0.3 is 19.9 Å². The van der Waals surface area contributed by atoms with Gasteiger partial charge in [-0.25, -0.2) is 0 Å². The lowest BCUT2D eigenvalue weighted by Gasteiger charge is -2.14. The van der Waals surface area contributed by atoms with Crippen LogP contribution in [0.15, 0.2) is 48.5 Å². The highest BCUT2D eigenvalue weighted by molar-refractivity contribution is 5.75. The molecule has 2 aromatic carbocycles. The molecule has 0 aromatic heterocycles. The molecule has 5 heteroatoms. The van der Waals surface area contributed by atoms with Crippen LogP contribution in [0.25, 0.3) is 0 Å². The Morgan fingerprint density at radius 1 is 1.08 bits per heavy atom. The van der Waals surface area contributed by atoms with Gasteiger partial charge in [0.1, 0.15) is 12.6 Å². The second-order valence-corrected chi connectivity index (χ2v) is 5.32. The molecule has 2 N–H and O–H groups in total. The predicted octanol–water partition coefficient (Wildman–Crippen LogP) is 2.71. The molecule has 2 aromatic rings. The Balaban J connectivity index is 2.03. The third-order valence-electron chi connectivity index (χ3n) is 3.51. The SMILES string of the molecule is CCOC(=O)C(N)Cc1ccc(OCc2ccccc2)c(OC)c1. The van der Waals surface area contributed by atoms with Crippen molar-refractivity contribution in [1.82, 2.24) is 0 Å². The number of esters is 1. The molecule has 0 saturated carbocycles. The van der Waals surface area contributed by atoms with Crippen LogP contribution in [-0.2, 0) is 22.6 Å². The first-order chi connectivity index (χ1) is 11.6. The Labute approximate surface area is 142 Å². The van der Waals surface area contributed by atoms with Gasteiger partial charge in [0.15, 0.2) is 11.5 Å². The van der Waals surface area contributed by atoms with Gasteiger partial charge in [0.05, 0.1) is 13.7 Å². The smallest absolute Gasteiger partial charge is 0.323 e. The molecule has 0 spiro atoms. The first-order valence-corrected chi connectivity index (χ1v) is 7.90. The van der Waals surface area contributed by atoms with Crippen LogP contribution in [0.5, 0.6) is 11.5 Å². The monoisotopic (exact) mass is 329 g/mol. The normalized spacial score (nSPS) is 11.6. The summed E-state index contributed by atoms with van der Waals surface area (Å²) < 4.78 is 16.1. The van der Waals surface area contributed by atoms with Crippen LogP contribution in [0.1, 0.15) is 18.1 Å². The Bertz CT molecular complexity index is 658. The van der Waals surface area contributed by atoms with Gasteiger partial charge in [-0.3, -0.25) is 4.79 Å². The van der Waals surface area contributed by atoms with Crippen molar-refractivity contribution in [3.63, 3.8) is 0 Å². The molecular weight excluding hydrogens is 306 g/mol. The van der Waals surface area contributed by atoms with Crippen molar-refractivity contribution >= 4 is 5.97 Å². The van der Waals surface area contributed by atoms with Crippen molar-refractivity contribution in [2.45, 2.75) is 26.0 Å². The zero-order valence-corrected chi connectivity index (χ0v) is 14.0. The molecule has 0 saturated heterocycles. The molecule has 0 fully saturated rings. The maximum absolute atomic E-state index is 11.6. The summed E-state index contributed by atoms with van der Waals surface area (Å²) in [6.45, 7) is 2.54. The number of nitrogens with two attached hydrogens (primary N) is 1. The highest BCUT2D eigenvalue weighted by Gasteiger charge is 2.16. The summed E-state index contributed by atoms with van der Waals surface area (Å²) in [5.41, 5.74) is 7.82. The van der Waals surface area contributed by atoms with Crippen LogP contribution >= 0.6 is 0 Å². The van der Waals surface area contributed by atoms with Crippen LogP contribution in [0.4, 0.5) is 0 Å². The van der Waals surface area contributed by atoms with E-state index >= 15 is 0 Å². The Morgan fingerprint density at radius 2 is 1.83 bits per heavy atom. The van der Waals surface area contributed by atoms with Crippen molar-refractivity contribution in [2.24, 2.45) is 5.73 Å². The molecular formula is C19H23NO4. The van der Waals surface area contributed by atoms with E-state index in [0.717, 1.165) is 11.1 Å². The number of ether oxygens (including phenoxy) is 3. The van der Waals surface area contributed by atoms with Crippen molar-refractivity contribution in [3.8, 4) is 11.5 Å². The molecule has 0 aliphatic heterocycles. The fourth-order valence-electron chi connectivity index (χ4n) is 2.28. The van der Waals surface area contributed by atoms with Crippen molar-refractivity contribution in [3.05, 3.63) is 59.7 Å². The molecule has 1 unspecified atom stereocenters. The standard InChI is InChI=1S/C19H23NO4/c1-3-23-19(21)16(20)11-15-9-10-17(18(12-15)22-2)24-13-14-7-5-4-6-8-14/h4-10,12,16H,3,11,13,20H2,1-2H3. The van der Waals surface area contributed by atoms with Crippen LogP contribution < -0.4 is 15.2 Å². The van der Waals surface area contributed by atoms with E-state index in [2.05, 4.69) is 0 Å². The van der Waals surface area contributed by atoms with Gasteiger partial charge in [0.2, 0.25) is 0 Å². The molecule has 0 heterocycles. The molecule has 5 nitrogen and oxygen atoms in total. The highest BCUT2D eigenvalue weighted by atomic mass is 16.5. The van der Waals surface area contributed by atoms with Crippen LogP contribution in [0.2, 0.25) is 0 Å². The minimum absolute atomic E-state index is 0.322. The number of carbonyl (C=O) groups excluding carboxylic acids is 1. The quantitative estimate of drug-likeness (QED) is 0.754. The third kappa shape index (κ3) is 4.99. The predicted molar refractivity (Wildman–Crippen MR) is 92.1 cm³/mol. The number of methoxy groups -OCH3 is 1. The van der Waals surface area contributed by atoms with Crippen LogP contribution in [0, 0.1) is 0 Å². The summed E-state index contributed by atoms with van der Waals surface area (Å²) in [7, 11) is 1.58. The van der Waals surface area contributed by atoms with Crippen molar-refractivity contribution in [2.75, 3.05) is 13.7 Å². The van der Waals surface area contributed by atoms with E-state index in [0.29, 0.717) is 31.1 Å². The van der Waals surface area contributed by atoms with Gasteiger partial charge in [0, 0.05) is 0 Å². The first kappa shape index (κ1) is 17.8. The fraction of sp³-hybridized carbons (Fsp3) is 0.316. The number of rotatable bonds is 8. The van der Waals surface area contributed by atoms with E-state index < -0.39 is 12.0 Å². The van der Waals surface area contributed by atoms with Crippen LogP contribution in [0.3, 0.4) is 0 Å². The van der Waals surface area contributed by atoms with E-state index in [1.54, 1.807) is 14.0 Å². The van der Waals surface area contributed by atoms with E-state index in [1.165, 1.54) is 0 Å². The summed E-state index contributed by atoms with van der Waals surface area (Å²) >= 11 is 0. The number of hydrogen-bond acceptors (Lipinski definition) is 5. The molecule has 2 rings (SSSR count). The second-order valence-electron chi connectivity index (χ2n) is 5.32. The maximum Gasteiger partial charge on any atom is 0.323 e. The topological polar surface area (TPSA) is 70.8 Å². The lowest BCUT2D eigenvalue weighted by molar-refractivity contribution is -0.144. The van der Waals surface area contributed by atoms with Crippen LogP contribution in [-0.4, -0.2) is 25.7 Å². The molecule has 0 amide bonds. The molecule has 0 bridgehead atoms. The van der Waals surface area contributed by atoms with E-state index in [-0.39, 0.29) is 0 Å². The average Bonchev–Trinajstić information content (AvgIpc) is 2.61. The Morgan fingerprint density at radius 3 is 2.50 bits per heavy atom. The zero-order chi connectivity index (χ0) is 17.4. The zero-order valence-electron chi connectivity index (χ0n) is 14.0. The first-order valence-electron chi connectivity index (χ1n) is 7.90. The summed E-state index contributed by atoms with van der Waals surface area (Å²) in [6, 6.07) is 14.7. The summed E-state index contributed by atoms with van der Waals surface area (Å²) in [6.07, 6.45) is 0.383. The molecule has 0 aliphatic rings. The van der Waals surface area contributed by atoms with Gasteiger partial charge in [-0.1, -0.05) is 36.4 Å². The molecule has 0 aliphatic carbocycles. The largest absolute Gasteiger partial charge is 0.493 e. The van der Waals surface area contributed by atoms with Gasteiger partial charge in [-0.2, -0.15) is 0 Å². The Hall–Kier alpha value is -2.53. The minimum Gasteiger partial charge on any atom is -0.493 e. The van der Waals surface area contributed by atoms with E-state index in [1.807, 2.05) is 48.5 Å². The highest BCUT2D eigenvalue weighted by Crippen LogP contribution is 2.29. The number of benzene rings is 2. The molecule has 1 atom stereocenters. The lowest BCUT2D eigenvalue weighted by atomic mass is 10.1. The molecule has 128 valence electrons. The molecule has 0 radical (unpaired) electrons. The van der Waals surface area contributed by atoms with E-state index in [9.17, 15) is 4.79 Å². The average molecular weight is 329 g/mol. The minimum atomic E-state index is -0.689. The summed E-state index contributed by atoms with van der Waals surface area (Å²) in [5, 5.41) is 0. The Kier molecular flexibility index (Phi) is 6.63. The maximum atomic E-state index is 11.6. The third-order valence-corrected chi connectivity index (χ3v) is 3.51. The summed E-state index contributed by atoms with van der Waals surface area (Å²) in [5.74, 6) is 0.857. The van der Waals surface area contributed by atoms with Crippen molar-refractivity contribution < 1.29 is 19.0 Å². The summed E-state index contributed by atoms with van der Waals surface area (Å²) in [4.78, 5) is 11.6. The number of carbonyl (C=O) groups is 1. The second kappa shape index (κ2) is 8.93. The van der Waals surface area contributed by atoms with Gasteiger partial charge in [0.25, 0.3) is 0 Å². The fourth-order valence-corrected chi connectivity index (χ4v) is 2.28. The van der Waals surface area contributed by atoms with Gasteiger partial charge in [-0.15, -0.1) is 0 Å². The number of hydrogen-bond donors (Lipinski definition) is 1. The van der Waals surface area contributed by atoms with E-state index in [4.69, 9.17) is 19.9 Å². The van der Waals surface area contributed by atoms with Crippen molar-refractivity contribution in [1.29, 1.82) is 0 Å². The lowest BCUT2D eigenvalue weighted by Crippen LogP contribution is -2.34.